The van der Waals surface area contributed by atoms with Crippen LogP contribution in [-0.4, -0.2) is 18.7 Å². The van der Waals surface area contributed by atoms with E-state index >= 15 is 0 Å². The topological polar surface area (TPSA) is 43.4 Å². The highest BCUT2D eigenvalue weighted by atomic mass is 16.6. The number of aromatic nitrogens is 1. The summed E-state index contributed by atoms with van der Waals surface area (Å²) in [5.74, 6) is 0.625. The zero-order chi connectivity index (χ0) is 9.52. The Hall–Kier alpha value is -1.13. The Morgan fingerprint density at radius 1 is 1.46 bits per heavy atom. The van der Waals surface area contributed by atoms with Crippen LogP contribution in [0, 0.1) is 0 Å². The number of pyridine rings is 1. The highest BCUT2D eigenvalue weighted by molar-refractivity contribution is 5.17. The molecule has 0 saturated carbocycles. The van der Waals surface area contributed by atoms with Gasteiger partial charge >= 0.3 is 0 Å². The fourth-order valence-corrected chi connectivity index (χ4v) is 0.873. The third-order valence-electron chi connectivity index (χ3n) is 1.53. The Labute approximate surface area is 77.8 Å². The fraction of sp³-hybridized carbons (Fsp3) is 0.444. The summed E-state index contributed by atoms with van der Waals surface area (Å²) < 4.78 is 4.93. The SMILES string of the molecule is CCONCc1ccc(OC)nc1. The predicted octanol–water partition coefficient (Wildman–Crippen LogP) is 1.13. The van der Waals surface area contributed by atoms with E-state index < -0.39 is 0 Å². The van der Waals surface area contributed by atoms with Crippen LogP contribution in [0.2, 0.25) is 0 Å². The standard InChI is InChI=1S/C9H14N2O2/c1-3-13-11-7-8-4-5-9(12-2)10-6-8/h4-6,11H,3,7H2,1-2H3. The second-order valence-corrected chi connectivity index (χ2v) is 2.46. The van der Waals surface area contributed by atoms with Gasteiger partial charge in [-0.2, -0.15) is 5.48 Å². The van der Waals surface area contributed by atoms with E-state index in [1.54, 1.807) is 13.3 Å². The molecule has 1 rings (SSSR count). The number of nitrogens with one attached hydrogen (secondary N) is 1. The third kappa shape index (κ3) is 3.40. The van der Waals surface area contributed by atoms with Crippen LogP contribution >= 0.6 is 0 Å². The zero-order valence-electron chi connectivity index (χ0n) is 7.91. The van der Waals surface area contributed by atoms with Gasteiger partial charge in [0, 0.05) is 18.8 Å². The Bertz CT molecular complexity index is 236. The molecule has 0 spiro atoms. The molecule has 0 radical (unpaired) electrons. The van der Waals surface area contributed by atoms with Gasteiger partial charge in [0.25, 0.3) is 0 Å². The largest absolute Gasteiger partial charge is 0.481 e. The minimum Gasteiger partial charge on any atom is -0.481 e. The second-order valence-electron chi connectivity index (χ2n) is 2.46. The number of methoxy groups -OCH3 is 1. The Morgan fingerprint density at radius 2 is 2.31 bits per heavy atom. The summed E-state index contributed by atoms with van der Waals surface area (Å²) in [6, 6.07) is 3.76. The smallest absolute Gasteiger partial charge is 0.212 e. The zero-order valence-corrected chi connectivity index (χ0v) is 7.91. The molecular formula is C9H14N2O2. The van der Waals surface area contributed by atoms with E-state index in [4.69, 9.17) is 9.57 Å². The minimum absolute atomic E-state index is 0.625. The molecule has 0 aromatic carbocycles. The van der Waals surface area contributed by atoms with Crippen LogP contribution in [0.3, 0.4) is 0 Å². The average molecular weight is 182 g/mol. The van der Waals surface area contributed by atoms with E-state index in [-0.39, 0.29) is 0 Å². The lowest BCUT2D eigenvalue weighted by Gasteiger charge is -2.03. The van der Waals surface area contributed by atoms with Crippen LogP contribution in [-0.2, 0) is 11.4 Å². The van der Waals surface area contributed by atoms with Crippen LogP contribution in [0.25, 0.3) is 0 Å². The van der Waals surface area contributed by atoms with E-state index in [9.17, 15) is 0 Å². The number of nitrogens with zero attached hydrogens (tertiary/aromatic N) is 1. The molecule has 0 bridgehead atoms. The maximum absolute atomic E-state index is 4.98. The first-order chi connectivity index (χ1) is 6.36. The quantitative estimate of drug-likeness (QED) is 0.547. The highest BCUT2D eigenvalue weighted by Crippen LogP contribution is 2.05. The first-order valence-electron chi connectivity index (χ1n) is 4.20. The van der Waals surface area contributed by atoms with Gasteiger partial charge in [-0.25, -0.2) is 4.98 Å². The molecule has 1 aromatic heterocycles. The lowest BCUT2D eigenvalue weighted by Crippen LogP contribution is -2.13. The van der Waals surface area contributed by atoms with Crippen LogP contribution in [0.4, 0.5) is 0 Å². The summed E-state index contributed by atoms with van der Waals surface area (Å²) in [6.45, 7) is 3.24. The van der Waals surface area contributed by atoms with Crippen LogP contribution < -0.4 is 10.2 Å². The van der Waals surface area contributed by atoms with E-state index in [1.807, 2.05) is 19.1 Å². The molecule has 0 saturated heterocycles. The summed E-state index contributed by atoms with van der Waals surface area (Å²) in [5.41, 5.74) is 3.87. The van der Waals surface area contributed by atoms with Gasteiger partial charge in [-0.15, -0.1) is 0 Å². The number of ether oxygens (including phenoxy) is 1. The molecule has 0 aliphatic heterocycles. The maximum atomic E-state index is 4.98. The van der Waals surface area contributed by atoms with Crippen molar-refractivity contribution in [2.45, 2.75) is 13.5 Å². The normalized spacial score (nSPS) is 10.0. The second kappa shape index (κ2) is 5.50. The number of rotatable bonds is 5. The van der Waals surface area contributed by atoms with Gasteiger partial charge in [-0.3, -0.25) is 0 Å². The molecule has 0 aliphatic carbocycles. The van der Waals surface area contributed by atoms with Gasteiger partial charge < -0.3 is 9.57 Å². The van der Waals surface area contributed by atoms with Gasteiger partial charge in [0.1, 0.15) is 0 Å². The number of hydroxylamine groups is 1. The monoisotopic (exact) mass is 182 g/mol. The molecular weight excluding hydrogens is 168 g/mol. The molecule has 0 unspecified atom stereocenters. The van der Waals surface area contributed by atoms with Crippen LogP contribution in [0.15, 0.2) is 18.3 Å². The van der Waals surface area contributed by atoms with E-state index in [2.05, 4.69) is 10.5 Å². The maximum Gasteiger partial charge on any atom is 0.212 e. The van der Waals surface area contributed by atoms with Crippen molar-refractivity contribution in [3.63, 3.8) is 0 Å². The van der Waals surface area contributed by atoms with Crippen molar-refractivity contribution in [2.75, 3.05) is 13.7 Å². The van der Waals surface area contributed by atoms with Gasteiger partial charge in [-0.1, -0.05) is 6.07 Å². The molecule has 1 N–H and O–H groups in total. The Balaban J connectivity index is 2.40. The molecule has 72 valence electrons. The van der Waals surface area contributed by atoms with Crippen molar-refractivity contribution < 1.29 is 9.57 Å². The summed E-state index contributed by atoms with van der Waals surface area (Å²) in [4.78, 5) is 9.04. The van der Waals surface area contributed by atoms with E-state index in [1.165, 1.54) is 0 Å². The molecule has 1 aromatic rings. The van der Waals surface area contributed by atoms with Gasteiger partial charge in [0.15, 0.2) is 0 Å². The predicted molar refractivity (Wildman–Crippen MR) is 49.3 cm³/mol. The number of hydrogen-bond acceptors (Lipinski definition) is 4. The molecule has 13 heavy (non-hydrogen) atoms. The van der Waals surface area contributed by atoms with Gasteiger partial charge in [-0.05, 0) is 12.5 Å². The summed E-state index contributed by atoms with van der Waals surface area (Å²) >= 11 is 0. The molecule has 0 fully saturated rings. The third-order valence-corrected chi connectivity index (χ3v) is 1.53. The summed E-state index contributed by atoms with van der Waals surface area (Å²) in [6.07, 6.45) is 1.75. The van der Waals surface area contributed by atoms with Gasteiger partial charge in [0.05, 0.1) is 13.7 Å². The fourth-order valence-electron chi connectivity index (χ4n) is 0.873. The molecule has 0 atom stereocenters. The van der Waals surface area contributed by atoms with E-state index in [0.717, 1.165) is 5.56 Å². The van der Waals surface area contributed by atoms with Crippen molar-refractivity contribution in [3.05, 3.63) is 23.9 Å². The molecule has 1 heterocycles. The number of hydrogen-bond donors (Lipinski definition) is 1. The highest BCUT2D eigenvalue weighted by Gasteiger charge is 1.94. The molecule has 4 nitrogen and oxygen atoms in total. The Kier molecular flexibility index (Phi) is 4.21. The Morgan fingerprint density at radius 3 is 2.85 bits per heavy atom. The first-order valence-corrected chi connectivity index (χ1v) is 4.20. The van der Waals surface area contributed by atoms with Crippen LogP contribution in [0.5, 0.6) is 5.88 Å². The van der Waals surface area contributed by atoms with Crippen molar-refractivity contribution in [1.82, 2.24) is 10.5 Å². The van der Waals surface area contributed by atoms with Gasteiger partial charge in [0.2, 0.25) is 5.88 Å². The van der Waals surface area contributed by atoms with Crippen molar-refractivity contribution in [3.8, 4) is 5.88 Å². The molecule has 0 aliphatic rings. The van der Waals surface area contributed by atoms with E-state index in [0.29, 0.717) is 19.0 Å². The van der Waals surface area contributed by atoms with Crippen LogP contribution in [0.1, 0.15) is 12.5 Å². The van der Waals surface area contributed by atoms with Crippen molar-refractivity contribution in [2.24, 2.45) is 0 Å². The summed E-state index contributed by atoms with van der Waals surface area (Å²) in [5, 5.41) is 0. The summed E-state index contributed by atoms with van der Waals surface area (Å²) in [7, 11) is 1.60. The average Bonchev–Trinajstić information content (AvgIpc) is 2.19. The first kappa shape index (κ1) is 9.95. The molecule has 0 amide bonds. The molecule has 4 heteroatoms. The lowest BCUT2D eigenvalue weighted by atomic mass is 10.3. The van der Waals surface area contributed by atoms with Crippen molar-refractivity contribution in [1.29, 1.82) is 0 Å². The van der Waals surface area contributed by atoms with Crippen molar-refractivity contribution >= 4 is 0 Å². The lowest BCUT2D eigenvalue weighted by molar-refractivity contribution is 0.0462. The minimum atomic E-state index is 0.625.